The minimum absolute atomic E-state index is 1.23. The summed E-state index contributed by atoms with van der Waals surface area (Å²) in [4.78, 5) is 0. The highest BCUT2D eigenvalue weighted by Gasteiger charge is 2.21. The van der Waals surface area contributed by atoms with Crippen molar-refractivity contribution in [2.75, 3.05) is 0 Å². The molecule has 0 fully saturated rings. The molecule has 0 N–H and O–H groups in total. The van der Waals surface area contributed by atoms with E-state index in [2.05, 4.69) is 340 Å². The lowest BCUT2D eigenvalue weighted by atomic mass is 9.83. The van der Waals surface area contributed by atoms with E-state index < -0.39 is 0 Å². The average Bonchev–Trinajstić information content (AvgIpc) is 1.00. The Labute approximate surface area is 500 Å². The van der Waals surface area contributed by atoms with E-state index in [9.17, 15) is 0 Å². The van der Waals surface area contributed by atoms with Gasteiger partial charge >= 0.3 is 0 Å². The first-order valence-electron chi connectivity index (χ1n) is 29.8. The van der Waals surface area contributed by atoms with E-state index in [1.807, 2.05) is 0 Å². The van der Waals surface area contributed by atoms with Gasteiger partial charge in [0, 0.05) is 0 Å². The molecule has 17 aromatic carbocycles. The fraction of sp³-hybridized carbons (Fsp3) is 0. The standard InChI is InChI=1S/C44H28.C42H28/c1-2-14-32-27-34(24-23-29(32)11-1)43-39-19-7-8-20-40(39)44(38-22-10-16-31-13-4-6-18-36(31)38)41-26-25-33(28-42(41)43)37-21-9-15-30-12-3-5-17-35(30)37;1-3-12-29(13-4-1)30-22-24-33(25-23-30)41-37-19-9-10-20-38(37)42(32-15-5-2-6-16-32)40-28-34(26-27-39(40)41)36-21-11-17-31-14-7-8-18-35(31)36/h1-28H;1-28H. The molecule has 0 aromatic heterocycles. The summed E-state index contributed by atoms with van der Waals surface area (Å²) in [6.07, 6.45) is 0. The molecular formula is C86H56. The molecule has 0 spiro atoms. The zero-order chi connectivity index (χ0) is 56.9. The van der Waals surface area contributed by atoms with Gasteiger partial charge in [-0.2, -0.15) is 0 Å². The highest BCUT2D eigenvalue weighted by atomic mass is 14.2. The molecule has 17 aromatic rings. The number of rotatable bonds is 7. The molecule has 0 saturated carbocycles. The van der Waals surface area contributed by atoms with Crippen molar-refractivity contribution < 1.29 is 0 Å². The first-order valence-corrected chi connectivity index (χ1v) is 29.8. The Morgan fingerprint density at radius 2 is 0.419 bits per heavy atom. The first kappa shape index (κ1) is 50.5. The lowest BCUT2D eigenvalue weighted by molar-refractivity contribution is 1.61. The highest BCUT2D eigenvalue weighted by Crippen LogP contribution is 2.49. The van der Waals surface area contributed by atoms with E-state index in [1.54, 1.807) is 0 Å². The number of hydrogen-bond acceptors (Lipinski definition) is 0. The molecule has 0 radical (unpaired) electrons. The molecule has 0 heteroatoms. The fourth-order valence-electron chi connectivity index (χ4n) is 13.7. The van der Waals surface area contributed by atoms with Crippen molar-refractivity contribution in [2.24, 2.45) is 0 Å². The largest absolute Gasteiger partial charge is 0.0622 e. The molecule has 0 saturated heterocycles. The predicted octanol–water partition coefficient (Wildman–Crippen LogP) is 24.3. The van der Waals surface area contributed by atoms with Gasteiger partial charge in [-0.25, -0.2) is 0 Å². The van der Waals surface area contributed by atoms with Crippen LogP contribution in [-0.2, 0) is 0 Å². The molecule has 400 valence electrons. The van der Waals surface area contributed by atoms with Crippen LogP contribution in [0.25, 0.3) is 164 Å². The lowest BCUT2D eigenvalue weighted by Crippen LogP contribution is -1.93. The quantitative estimate of drug-likeness (QED) is 0.140. The molecular weight excluding hydrogens is 1030 g/mol. The van der Waals surface area contributed by atoms with E-state index in [1.165, 1.54) is 164 Å². The van der Waals surface area contributed by atoms with Gasteiger partial charge < -0.3 is 0 Å². The van der Waals surface area contributed by atoms with Crippen molar-refractivity contribution in [1.29, 1.82) is 0 Å². The third-order valence-electron chi connectivity index (χ3n) is 17.7. The van der Waals surface area contributed by atoms with E-state index in [4.69, 9.17) is 0 Å². The molecule has 86 heavy (non-hydrogen) atoms. The van der Waals surface area contributed by atoms with Gasteiger partial charge in [-0.3, -0.25) is 0 Å². The van der Waals surface area contributed by atoms with Gasteiger partial charge in [-0.15, -0.1) is 0 Å². The van der Waals surface area contributed by atoms with Gasteiger partial charge in [0.25, 0.3) is 0 Å². The van der Waals surface area contributed by atoms with Gasteiger partial charge in [0.1, 0.15) is 0 Å². The normalized spacial score (nSPS) is 11.5. The Kier molecular flexibility index (Phi) is 12.7. The van der Waals surface area contributed by atoms with Gasteiger partial charge in [0.15, 0.2) is 0 Å². The lowest BCUT2D eigenvalue weighted by Gasteiger charge is -2.20. The summed E-state index contributed by atoms with van der Waals surface area (Å²) in [6, 6.07) is 124. The van der Waals surface area contributed by atoms with Gasteiger partial charge in [-0.1, -0.05) is 322 Å². The molecule has 0 unspecified atom stereocenters. The molecule has 0 aliphatic heterocycles. The Morgan fingerprint density at radius 1 is 0.116 bits per heavy atom. The van der Waals surface area contributed by atoms with E-state index in [-0.39, 0.29) is 0 Å². The van der Waals surface area contributed by atoms with E-state index >= 15 is 0 Å². The number of benzene rings is 17. The Balaban J connectivity index is 0.000000140. The van der Waals surface area contributed by atoms with Crippen molar-refractivity contribution in [3.63, 3.8) is 0 Å². The maximum atomic E-state index is 2.43. The fourth-order valence-corrected chi connectivity index (χ4v) is 13.7. The number of hydrogen-bond donors (Lipinski definition) is 0. The average molecular weight is 1090 g/mol. The monoisotopic (exact) mass is 1090 g/mol. The van der Waals surface area contributed by atoms with Crippen LogP contribution < -0.4 is 0 Å². The summed E-state index contributed by atoms with van der Waals surface area (Å²) >= 11 is 0. The van der Waals surface area contributed by atoms with Crippen LogP contribution in [0.2, 0.25) is 0 Å². The molecule has 17 rings (SSSR count). The molecule has 0 heterocycles. The van der Waals surface area contributed by atoms with E-state index in [0.717, 1.165) is 0 Å². The maximum Gasteiger partial charge on any atom is -0.00201 e. The van der Waals surface area contributed by atoms with Gasteiger partial charge in [0.2, 0.25) is 0 Å². The minimum Gasteiger partial charge on any atom is -0.0622 e. The second kappa shape index (κ2) is 21.5. The van der Waals surface area contributed by atoms with Crippen LogP contribution in [0.4, 0.5) is 0 Å². The maximum absolute atomic E-state index is 2.43. The zero-order valence-corrected chi connectivity index (χ0v) is 47.3. The molecule has 0 nitrogen and oxygen atoms in total. The molecule has 0 aliphatic carbocycles. The second-order valence-electron chi connectivity index (χ2n) is 22.6. The van der Waals surface area contributed by atoms with Crippen molar-refractivity contribution in [2.45, 2.75) is 0 Å². The molecule has 0 bridgehead atoms. The van der Waals surface area contributed by atoms with Crippen LogP contribution in [0.5, 0.6) is 0 Å². The van der Waals surface area contributed by atoms with Crippen LogP contribution in [0, 0.1) is 0 Å². The van der Waals surface area contributed by atoms with Crippen molar-refractivity contribution in [1.82, 2.24) is 0 Å². The minimum atomic E-state index is 1.23. The summed E-state index contributed by atoms with van der Waals surface area (Å²) in [5.41, 5.74) is 17.6. The Bertz CT molecular complexity index is 5430. The highest BCUT2D eigenvalue weighted by molar-refractivity contribution is 6.25. The summed E-state index contributed by atoms with van der Waals surface area (Å²) in [5.74, 6) is 0. The van der Waals surface area contributed by atoms with Crippen LogP contribution in [0.15, 0.2) is 340 Å². The summed E-state index contributed by atoms with van der Waals surface area (Å²) in [5, 5.41) is 20.3. The van der Waals surface area contributed by atoms with Crippen molar-refractivity contribution in [3.05, 3.63) is 340 Å². The van der Waals surface area contributed by atoms with Crippen molar-refractivity contribution >= 4 is 86.2 Å². The Hall–Kier alpha value is -11.2. The first-order chi connectivity index (χ1) is 42.7. The van der Waals surface area contributed by atoms with Gasteiger partial charge in [-0.05, 0) is 182 Å². The van der Waals surface area contributed by atoms with Crippen LogP contribution in [0.1, 0.15) is 0 Å². The van der Waals surface area contributed by atoms with Crippen LogP contribution in [0.3, 0.4) is 0 Å². The third kappa shape index (κ3) is 8.87. The Morgan fingerprint density at radius 3 is 0.942 bits per heavy atom. The predicted molar refractivity (Wildman–Crippen MR) is 371 cm³/mol. The third-order valence-corrected chi connectivity index (χ3v) is 17.7. The topological polar surface area (TPSA) is 0 Å². The van der Waals surface area contributed by atoms with Crippen molar-refractivity contribution in [3.8, 4) is 77.9 Å². The summed E-state index contributed by atoms with van der Waals surface area (Å²) < 4.78 is 0. The zero-order valence-electron chi connectivity index (χ0n) is 47.3. The van der Waals surface area contributed by atoms with Crippen LogP contribution in [-0.4, -0.2) is 0 Å². The summed E-state index contributed by atoms with van der Waals surface area (Å²) in [7, 11) is 0. The SMILES string of the molecule is c1ccc(-c2ccc(-c3c4ccccc4c(-c4ccccc4)c4cc(-c5cccc6ccccc56)ccc34)cc2)cc1.c1ccc2cc(-c3c4ccccc4c(-c4cccc5ccccc45)c4ccc(-c5cccc6ccccc56)cc34)ccc2c1. The van der Waals surface area contributed by atoms with Gasteiger partial charge in [0.05, 0.1) is 0 Å². The number of fused-ring (bicyclic) bond motifs is 8. The molecule has 0 amide bonds. The smallest absolute Gasteiger partial charge is 0.00201 e. The molecule has 0 atom stereocenters. The van der Waals surface area contributed by atoms with Crippen LogP contribution >= 0.6 is 0 Å². The molecule has 0 aliphatic rings. The van der Waals surface area contributed by atoms with E-state index in [0.29, 0.717) is 0 Å². The second-order valence-corrected chi connectivity index (χ2v) is 22.6. The summed E-state index contributed by atoms with van der Waals surface area (Å²) in [6.45, 7) is 0.